The molecule has 0 bridgehead atoms. The van der Waals surface area contributed by atoms with Crippen molar-refractivity contribution in [2.45, 2.75) is 19.4 Å². The van der Waals surface area contributed by atoms with E-state index in [-0.39, 0.29) is 6.61 Å². The van der Waals surface area contributed by atoms with Crippen molar-refractivity contribution >= 4 is 0 Å². The van der Waals surface area contributed by atoms with Crippen LogP contribution in [0.1, 0.15) is 18.4 Å². The first-order valence-electron chi connectivity index (χ1n) is 10.5. The van der Waals surface area contributed by atoms with E-state index in [2.05, 4.69) is 34.1 Å². The largest absolute Gasteiger partial charge is 0.464 e. The molecule has 1 aromatic carbocycles. The molecule has 5 nitrogen and oxygen atoms in total. The highest BCUT2D eigenvalue weighted by molar-refractivity contribution is 5.58. The van der Waals surface area contributed by atoms with E-state index in [1.807, 2.05) is 12.1 Å². The third-order valence-electron chi connectivity index (χ3n) is 6.48. The normalized spacial score (nSPS) is 24.8. The zero-order valence-electron chi connectivity index (χ0n) is 16.5. The van der Waals surface area contributed by atoms with E-state index in [9.17, 15) is 10.2 Å². The summed E-state index contributed by atoms with van der Waals surface area (Å²) in [5.41, 5.74) is 2.40. The lowest BCUT2D eigenvalue weighted by Crippen LogP contribution is -2.40. The SMILES string of the molecule is OCC1CCN(CC2CN(Cc3cccc(-c4ccco4)c3)CC2CO)CC1. The molecule has 2 N–H and O–H groups in total. The van der Waals surface area contributed by atoms with Crippen LogP contribution in [0, 0.1) is 17.8 Å². The maximum Gasteiger partial charge on any atom is 0.133 e. The fourth-order valence-electron chi connectivity index (χ4n) is 4.79. The average molecular weight is 385 g/mol. The van der Waals surface area contributed by atoms with E-state index < -0.39 is 0 Å². The van der Waals surface area contributed by atoms with Crippen LogP contribution in [0.3, 0.4) is 0 Å². The van der Waals surface area contributed by atoms with Crippen LogP contribution in [0.4, 0.5) is 0 Å². The van der Waals surface area contributed by atoms with Crippen molar-refractivity contribution in [2.24, 2.45) is 17.8 Å². The Balaban J connectivity index is 1.34. The Kier molecular flexibility index (Phi) is 6.47. The van der Waals surface area contributed by atoms with E-state index in [0.29, 0.717) is 24.4 Å². The molecule has 2 atom stereocenters. The maximum atomic E-state index is 9.91. The van der Waals surface area contributed by atoms with Crippen molar-refractivity contribution in [1.29, 1.82) is 0 Å². The van der Waals surface area contributed by atoms with E-state index >= 15 is 0 Å². The van der Waals surface area contributed by atoms with Crippen LogP contribution >= 0.6 is 0 Å². The second-order valence-corrected chi connectivity index (χ2v) is 8.50. The molecule has 28 heavy (non-hydrogen) atoms. The number of piperidine rings is 1. The van der Waals surface area contributed by atoms with Gasteiger partial charge in [-0.1, -0.05) is 18.2 Å². The third-order valence-corrected chi connectivity index (χ3v) is 6.48. The van der Waals surface area contributed by atoms with Crippen LogP contribution in [0.15, 0.2) is 47.1 Å². The number of hydrogen-bond acceptors (Lipinski definition) is 5. The van der Waals surface area contributed by atoms with Gasteiger partial charge in [0.15, 0.2) is 0 Å². The van der Waals surface area contributed by atoms with Crippen LogP contribution in [0.2, 0.25) is 0 Å². The van der Waals surface area contributed by atoms with Crippen LogP contribution in [-0.2, 0) is 6.54 Å². The number of aliphatic hydroxyl groups excluding tert-OH is 2. The molecule has 0 radical (unpaired) electrons. The van der Waals surface area contributed by atoms with Gasteiger partial charge < -0.3 is 19.5 Å². The Morgan fingerprint density at radius 1 is 0.929 bits per heavy atom. The molecule has 0 spiro atoms. The predicted molar refractivity (Wildman–Crippen MR) is 110 cm³/mol. The highest BCUT2D eigenvalue weighted by Crippen LogP contribution is 2.28. The molecule has 5 heteroatoms. The Morgan fingerprint density at radius 2 is 1.75 bits per heavy atom. The van der Waals surface area contributed by atoms with Gasteiger partial charge in [0.1, 0.15) is 5.76 Å². The highest BCUT2D eigenvalue weighted by Gasteiger charge is 2.34. The quantitative estimate of drug-likeness (QED) is 0.769. The monoisotopic (exact) mass is 384 g/mol. The van der Waals surface area contributed by atoms with E-state index in [1.54, 1.807) is 6.26 Å². The predicted octanol–water partition coefficient (Wildman–Crippen LogP) is 2.69. The minimum absolute atomic E-state index is 0.265. The molecule has 0 amide bonds. The zero-order valence-corrected chi connectivity index (χ0v) is 16.5. The molecule has 2 aliphatic heterocycles. The molecule has 2 fully saturated rings. The van der Waals surface area contributed by atoms with Gasteiger partial charge in [0.05, 0.1) is 6.26 Å². The Morgan fingerprint density at radius 3 is 2.46 bits per heavy atom. The summed E-state index contributed by atoms with van der Waals surface area (Å²) in [7, 11) is 0. The van der Waals surface area contributed by atoms with Gasteiger partial charge in [-0.2, -0.15) is 0 Å². The molecule has 2 aliphatic rings. The fourth-order valence-corrected chi connectivity index (χ4v) is 4.79. The zero-order chi connectivity index (χ0) is 19.3. The second kappa shape index (κ2) is 9.23. The van der Waals surface area contributed by atoms with Crippen molar-refractivity contribution < 1.29 is 14.6 Å². The first-order valence-corrected chi connectivity index (χ1v) is 10.5. The molecule has 2 aromatic rings. The van der Waals surface area contributed by atoms with Crippen molar-refractivity contribution in [3.63, 3.8) is 0 Å². The van der Waals surface area contributed by atoms with Gasteiger partial charge in [-0.3, -0.25) is 4.90 Å². The van der Waals surface area contributed by atoms with Gasteiger partial charge in [0.2, 0.25) is 0 Å². The van der Waals surface area contributed by atoms with Crippen molar-refractivity contribution in [3.05, 3.63) is 48.2 Å². The number of likely N-dealkylation sites (tertiary alicyclic amines) is 2. The van der Waals surface area contributed by atoms with Crippen LogP contribution in [-0.4, -0.2) is 66.0 Å². The van der Waals surface area contributed by atoms with Crippen molar-refractivity contribution in [3.8, 4) is 11.3 Å². The minimum atomic E-state index is 0.265. The molecular formula is C23H32N2O3. The molecule has 2 unspecified atom stereocenters. The first-order chi connectivity index (χ1) is 13.7. The van der Waals surface area contributed by atoms with E-state index in [1.165, 1.54) is 5.56 Å². The fraction of sp³-hybridized carbons (Fsp3) is 0.565. The van der Waals surface area contributed by atoms with E-state index in [0.717, 1.165) is 63.4 Å². The van der Waals surface area contributed by atoms with Gasteiger partial charge in [0, 0.05) is 45.0 Å². The summed E-state index contributed by atoms with van der Waals surface area (Å²) in [5, 5.41) is 19.2. The topological polar surface area (TPSA) is 60.1 Å². The van der Waals surface area contributed by atoms with Crippen LogP contribution < -0.4 is 0 Å². The summed E-state index contributed by atoms with van der Waals surface area (Å²) in [6.07, 6.45) is 3.90. The lowest BCUT2D eigenvalue weighted by Gasteiger charge is -2.33. The van der Waals surface area contributed by atoms with Crippen molar-refractivity contribution in [2.75, 3.05) is 45.9 Å². The molecule has 2 saturated heterocycles. The molecule has 1 aromatic heterocycles. The molecular weight excluding hydrogens is 352 g/mol. The third kappa shape index (κ3) is 4.66. The number of furan rings is 1. The minimum Gasteiger partial charge on any atom is -0.464 e. The number of benzene rings is 1. The summed E-state index contributed by atoms with van der Waals surface area (Å²) in [6, 6.07) is 12.5. The number of hydrogen-bond donors (Lipinski definition) is 2. The lowest BCUT2D eigenvalue weighted by molar-refractivity contribution is 0.106. The molecule has 152 valence electrons. The first kappa shape index (κ1) is 19.6. The number of nitrogens with zero attached hydrogens (tertiary/aromatic N) is 2. The Bertz CT molecular complexity index is 725. The van der Waals surface area contributed by atoms with E-state index in [4.69, 9.17) is 4.42 Å². The number of rotatable bonds is 7. The molecule has 0 aliphatic carbocycles. The molecule has 0 saturated carbocycles. The average Bonchev–Trinajstić information content (AvgIpc) is 3.39. The van der Waals surface area contributed by atoms with Gasteiger partial charge in [-0.15, -0.1) is 0 Å². The van der Waals surface area contributed by atoms with Crippen LogP contribution in [0.25, 0.3) is 11.3 Å². The second-order valence-electron chi connectivity index (χ2n) is 8.50. The summed E-state index contributed by atoms with van der Waals surface area (Å²) in [6.45, 7) is 6.70. The summed E-state index contributed by atoms with van der Waals surface area (Å²) < 4.78 is 5.53. The lowest BCUT2D eigenvalue weighted by atomic mass is 9.93. The Hall–Kier alpha value is -1.66. The maximum absolute atomic E-state index is 9.91. The standard InChI is InChI=1S/C23H32N2O3/c26-16-18-6-8-24(9-7-18)13-21-14-25(15-22(21)17-27)12-19-3-1-4-20(11-19)23-5-2-10-28-23/h1-5,10-11,18,21-22,26-27H,6-9,12-17H2. The highest BCUT2D eigenvalue weighted by atomic mass is 16.3. The smallest absolute Gasteiger partial charge is 0.133 e. The number of aliphatic hydroxyl groups is 2. The van der Waals surface area contributed by atoms with Gasteiger partial charge in [0.25, 0.3) is 0 Å². The molecule has 3 heterocycles. The Labute approximate surface area is 167 Å². The molecule has 4 rings (SSSR count). The van der Waals surface area contributed by atoms with Crippen molar-refractivity contribution in [1.82, 2.24) is 9.80 Å². The van der Waals surface area contributed by atoms with Crippen LogP contribution in [0.5, 0.6) is 0 Å². The summed E-state index contributed by atoms with van der Waals surface area (Å²) in [4.78, 5) is 5.01. The summed E-state index contributed by atoms with van der Waals surface area (Å²) in [5.74, 6) is 2.25. The van der Waals surface area contributed by atoms with Gasteiger partial charge in [-0.05, 0) is 67.4 Å². The van der Waals surface area contributed by atoms with Gasteiger partial charge in [-0.25, -0.2) is 0 Å². The van der Waals surface area contributed by atoms with Gasteiger partial charge >= 0.3 is 0 Å². The summed E-state index contributed by atoms with van der Waals surface area (Å²) >= 11 is 0.